The summed E-state index contributed by atoms with van der Waals surface area (Å²) in [5.74, 6) is 0.887. The van der Waals surface area contributed by atoms with Gasteiger partial charge in [-0.1, -0.05) is 31.2 Å². The van der Waals surface area contributed by atoms with Crippen LogP contribution in [0.4, 0.5) is 11.4 Å². The molecule has 2 heterocycles. The number of fused-ring (bicyclic) bond motifs is 1. The van der Waals surface area contributed by atoms with E-state index >= 15 is 0 Å². The molecule has 142 valence electrons. The minimum atomic E-state index is 0.0501. The van der Waals surface area contributed by atoms with E-state index in [-0.39, 0.29) is 12.5 Å². The Morgan fingerprint density at radius 2 is 1.78 bits per heavy atom. The van der Waals surface area contributed by atoms with Crippen LogP contribution >= 0.6 is 0 Å². The molecule has 5 nitrogen and oxygen atoms in total. The summed E-state index contributed by atoms with van der Waals surface area (Å²) in [4.78, 5) is 18.9. The quantitative estimate of drug-likeness (QED) is 0.816. The molecular formula is C22H27N3O2. The standard InChI is InChI=1S/C22H27N3O2/c1-2-10-25-20-9-8-18(15-21(20)27-17-22(25)26)16-23-11-13-24(14-12-23)19-6-4-3-5-7-19/h3-9,15H,2,10-14,16-17H2,1H3. The number of carbonyl (C=O) groups is 1. The Labute approximate surface area is 161 Å². The third kappa shape index (κ3) is 3.93. The Morgan fingerprint density at radius 3 is 2.52 bits per heavy atom. The maximum atomic E-state index is 12.1. The van der Waals surface area contributed by atoms with Gasteiger partial charge in [0.25, 0.3) is 5.91 Å². The molecule has 2 aliphatic heterocycles. The summed E-state index contributed by atoms with van der Waals surface area (Å²) in [5, 5.41) is 0. The van der Waals surface area contributed by atoms with Gasteiger partial charge in [0.1, 0.15) is 5.75 Å². The molecule has 4 rings (SSSR count). The Balaban J connectivity index is 1.39. The predicted octanol–water partition coefficient (Wildman–Crippen LogP) is 3.14. The van der Waals surface area contributed by atoms with Crippen LogP contribution in [0.2, 0.25) is 0 Å². The zero-order valence-electron chi connectivity index (χ0n) is 15.9. The lowest BCUT2D eigenvalue weighted by Gasteiger charge is -2.36. The largest absolute Gasteiger partial charge is 0.482 e. The molecule has 0 aromatic heterocycles. The second-order valence-corrected chi connectivity index (χ2v) is 7.23. The van der Waals surface area contributed by atoms with Crippen molar-refractivity contribution in [1.29, 1.82) is 0 Å². The number of nitrogens with zero attached hydrogens (tertiary/aromatic N) is 3. The van der Waals surface area contributed by atoms with Crippen LogP contribution < -0.4 is 14.5 Å². The summed E-state index contributed by atoms with van der Waals surface area (Å²) in [6, 6.07) is 16.9. The molecular weight excluding hydrogens is 338 g/mol. The number of amides is 1. The fourth-order valence-corrected chi connectivity index (χ4v) is 3.88. The lowest BCUT2D eigenvalue weighted by molar-refractivity contribution is -0.121. The molecule has 0 radical (unpaired) electrons. The maximum absolute atomic E-state index is 12.1. The van der Waals surface area contributed by atoms with Crippen LogP contribution in [-0.2, 0) is 11.3 Å². The summed E-state index contributed by atoms with van der Waals surface area (Å²) in [6.45, 7) is 8.09. The average Bonchev–Trinajstić information content (AvgIpc) is 2.71. The van der Waals surface area contributed by atoms with E-state index in [1.807, 2.05) is 11.0 Å². The van der Waals surface area contributed by atoms with Gasteiger partial charge < -0.3 is 14.5 Å². The van der Waals surface area contributed by atoms with Crippen LogP contribution in [-0.4, -0.2) is 50.1 Å². The van der Waals surface area contributed by atoms with Gasteiger partial charge in [-0.15, -0.1) is 0 Å². The van der Waals surface area contributed by atoms with Gasteiger partial charge >= 0.3 is 0 Å². The zero-order valence-corrected chi connectivity index (χ0v) is 15.9. The lowest BCUT2D eigenvalue weighted by atomic mass is 10.1. The van der Waals surface area contributed by atoms with Crippen LogP contribution in [0.25, 0.3) is 0 Å². The molecule has 0 spiro atoms. The first-order chi connectivity index (χ1) is 13.2. The number of carbonyl (C=O) groups excluding carboxylic acids is 1. The van der Waals surface area contributed by atoms with Gasteiger partial charge in [-0.05, 0) is 36.2 Å². The minimum Gasteiger partial charge on any atom is -0.482 e. The van der Waals surface area contributed by atoms with Gasteiger partial charge in [-0.2, -0.15) is 0 Å². The minimum absolute atomic E-state index is 0.0501. The van der Waals surface area contributed by atoms with Crippen LogP contribution in [0.15, 0.2) is 48.5 Å². The fraction of sp³-hybridized carbons (Fsp3) is 0.409. The van der Waals surface area contributed by atoms with Gasteiger partial charge in [0, 0.05) is 45.0 Å². The van der Waals surface area contributed by atoms with Gasteiger partial charge in [0.05, 0.1) is 5.69 Å². The molecule has 0 bridgehead atoms. The molecule has 1 saturated heterocycles. The monoisotopic (exact) mass is 365 g/mol. The molecule has 2 aromatic rings. The molecule has 0 atom stereocenters. The van der Waals surface area contributed by atoms with Gasteiger partial charge in [-0.25, -0.2) is 0 Å². The topological polar surface area (TPSA) is 36.0 Å². The number of hydrogen-bond acceptors (Lipinski definition) is 4. The molecule has 0 unspecified atom stereocenters. The molecule has 1 amide bonds. The van der Waals surface area contributed by atoms with E-state index in [4.69, 9.17) is 4.74 Å². The number of ether oxygens (including phenoxy) is 1. The first-order valence-electron chi connectivity index (χ1n) is 9.83. The number of benzene rings is 2. The Kier molecular flexibility index (Phi) is 5.30. The molecule has 0 saturated carbocycles. The highest BCUT2D eigenvalue weighted by molar-refractivity contribution is 5.97. The van der Waals surface area contributed by atoms with E-state index in [0.717, 1.165) is 57.1 Å². The van der Waals surface area contributed by atoms with Crippen molar-refractivity contribution in [2.24, 2.45) is 0 Å². The number of anilines is 2. The molecule has 0 aliphatic carbocycles. The molecule has 5 heteroatoms. The summed E-state index contributed by atoms with van der Waals surface area (Å²) in [5.41, 5.74) is 3.46. The second-order valence-electron chi connectivity index (χ2n) is 7.23. The van der Waals surface area contributed by atoms with Crippen molar-refractivity contribution in [2.45, 2.75) is 19.9 Å². The summed E-state index contributed by atoms with van der Waals surface area (Å²) in [7, 11) is 0. The first-order valence-corrected chi connectivity index (χ1v) is 9.83. The van der Waals surface area contributed by atoms with E-state index in [0.29, 0.717) is 0 Å². The van der Waals surface area contributed by atoms with E-state index in [2.05, 4.69) is 59.2 Å². The van der Waals surface area contributed by atoms with E-state index in [1.165, 1.54) is 11.3 Å². The van der Waals surface area contributed by atoms with Gasteiger partial charge in [0.2, 0.25) is 0 Å². The smallest absolute Gasteiger partial charge is 0.265 e. The van der Waals surface area contributed by atoms with Crippen LogP contribution in [0.1, 0.15) is 18.9 Å². The molecule has 2 aromatic carbocycles. The van der Waals surface area contributed by atoms with Crippen molar-refractivity contribution >= 4 is 17.3 Å². The van der Waals surface area contributed by atoms with Crippen LogP contribution in [0.3, 0.4) is 0 Å². The Bertz CT molecular complexity index is 785. The second kappa shape index (κ2) is 8.01. The normalized spacial score (nSPS) is 17.6. The number of piperazine rings is 1. The third-order valence-corrected chi connectivity index (χ3v) is 5.31. The average molecular weight is 365 g/mol. The number of hydrogen-bond donors (Lipinski definition) is 0. The predicted molar refractivity (Wildman–Crippen MR) is 109 cm³/mol. The van der Waals surface area contributed by atoms with Crippen molar-refractivity contribution < 1.29 is 9.53 Å². The fourth-order valence-electron chi connectivity index (χ4n) is 3.88. The zero-order chi connectivity index (χ0) is 18.6. The van der Waals surface area contributed by atoms with Crippen LogP contribution in [0.5, 0.6) is 5.75 Å². The van der Waals surface area contributed by atoms with Crippen molar-refractivity contribution in [2.75, 3.05) is 49.1 Å². The van der Waals surface area contributed by atoms with Crippen molar-refractivity contribution in [3.8, 4) is 5.75 Å². The summed E-state index contributed by atoms with van der Waals surface area (Å²) >= 11 is 0. The first kappa shape index (κ1) is 17.9. The SMILES string of the molecule is CCCN1C(=O)COc2cc(CN3CCN(c4ccccc4)CC3)ccc21. The highest BCUT2D eigenvalue weighted by atomic mass is 16.5. The third-order valence-electron chi connectivity index (χ3n) is 5.31. The lowest BCUT2D eigenvalue weighted by Crippen LogP contribution is -2.46. The molecule has 27 heavy (non-hydrogen) atoms. The van der Waals surface area contributed by atoms with Crippen LogP contribution in [0, 0.1) is 0 Å². The van der Waals surface area contributed by atoms with Crippen molar-refractivity contribution in [1.82, 2.24) is 4.90 Å². The van der Waals surface area contributed by atoms with E-state index in [1.54, 1.807) is 0 Å². The Hall–Kier alpha value is -2.53. The number of para-hydroxylation sites is 1. The number of rotatable bonds is 5. The van der Waals surface area contributed by atoms with Gasteiger partial charge in [0.15, 0.2) is 6.61 Å². The van der Waals surface area contributed by atoms with E-state index < -0.39 is 0 Å². The Morgan fingerprint density at radius 1 is 1.00 bits per heavy atom. The van der Waals surface area contributed by atoms with Crippen molar-refractivity contribution in [3.63, 3.8) is 0 Å². The van der Waals surface area contributed by atoms with E-state index in [9.17, 15) is 4.79 Å². The molecule has 2 aliphatic rings. The van der Waals surface area contributed by atoms with Crippen molar-refractivity contribution in [3.05, 3.63) is 54.1 Å². The highest BCUT2D eigenvalue weighted by Gasteiger charge is 2.25. The summed E-state index contributed by atoms with van der Waals surface area (Å²) < 4.78 is 5.70. The summed E-state index contributed by atoms with van der Waals surface area (Å²) in [6.07, 6.45) is 0.943. The highest BCUT2D eigenvalue weighted by Crippen LogP contribution is 2.33. The molecule has 0 N–H and O–H groups in total. The molecule has 1 fully saturated rings. The maximum Gasteiger partial charge on any atom is 0.265 e. The van der Waals surface area contributed by atoms with Gasteiger partial charge in [-0.3, -0.25) is 9.69 Å².